The molecule has 0 N–H and O–H groups in total. The molecular weight excluding hydrogens is 252 g/mol. The molecule has 0 bridgehead atoms. The van der Waals surface area contributed by atoms with Crippen molar-refractivity contribution in [1.82, 2.24) is 9.78 Å². The number of hydrogen-bond acceptors (Lipinski definition) is 4. The number of aryl methyl sites for hydroxylation is 2. The largest absolute Gasteiger partial charge is 0.274 e. The van der Waals surface area contributed by atoms with Crippen LogP contribution in [0.15, 0.2) is 29.1 Å². The Balaban J connectivity index is 2.53. The molecule has 6 heteroatoms. The zero-order valence-corrected chi connectivity index (χ0v) is 11.1. The van der Waals surface area contributed by atoms with Crippen LogP contribution in [0.1, 0.15) is 5.69 Å². The first-order valence-electron chi connectivity index (χ1n) is 5.53. The van der Waals surface area contributed by atoms with Crippen molar-refractivity contribution >= 4 is 20.6 Å². The van der Waals surface area contributed by atoms with E-state index in [9.17, 15) is 13.2 Å². The Morgan fingerprint density at radius 3 is 2.44 bits per heavy atom. The number of hydrogen-bond donors (Lipinski definition) is 0. The lowest BCUT2D eigenvalue weighted by molar-refractivity contribution is 0.575. The summed E-state index contributed by atoms with van der Waals surface area (Å²) in [5.74, 6) is -0.0856. The lowest BCUT2D eigenvalue weighted by Crippen LogP contribution is -2.27. The van der Waals surface area contributed by atoms with Gasteiger partial charge in [-0.1, -0.05) is 18.2 Å². The number of aromatic nitrogens is 2. The zero-order valence-electron chi connectivity index (χ0n) is 10.3. The van der Waals surface area contributed by atoms with E-state index in [1.54, 1.807) is 19.1 Å². The standard InChI is InChI=1S/C12H14N2O3S/c1-9-10-5-3-4-6-11(10)12(15)14(13-9)7-8-18(2,16)17/h3-6H,7-8H2,1-2H3. The van der Waals surface area contributed by atoms with Gasteiger partial charge in [0, 0.05) is 11.6 Å². The number of sulfone groups is 1. The van der Waals surface area contributed by atoms with Crippen LogP contribution in [0, 0.1) is 6.92 Å². The van der Waals surface area contributed by atoms with Crippen LogP contribution in [0.5, 0.6) is 0 Å². The quantitative estimate of drug-likeness (QED) is 0.822. The van der Waals surface area contributed by atoms with E-state index in [-0.39, 0.29) is 17.9 Å². The molecule has 0 aliphatic carbocycles. The molecule has 2 aromatic rings. The highest BCUT2D eigenvalue weighted by Crippen LogP contribution is 2.11. The summed E-state index contributed by atoms with van der Waals surface area (Å²) < 4.78 is 23.5. The minimum atomic E-state index is -3.10. The Morgan fingerprint density at radius 1 is 1.22 bits per heavy atom. The van der Waals surface area contributed by atoms with E-state index in [4.69, 9.17) is 0 Å². The fourth-order valence-electron chi connectivity index (χ4n) is 1.81. The summed E-state index contributed by atoms with van der Waals surface area (Å²) in [6.07, 6.45) is 1.14. The van der Waals surface area contributed by atoms with Gasteiger partial charge in [0.2, 0.25) is 0 Å². The highest BCUT2D eigenvalue weighted by molar-refractivity contribution is 7.90. The van der Waals surface area contributed by atoms with Crippen molar-refractivity contribution < 1.29 is 8.42 Å². The first-order valence-corrected chi connectivity index (χ1v) is 7.59. The molecule has 1 aromatic carbocycles. The molecule has 0 amide bonds. The van der Waals surface area contributed by atoms with E-state index in [1.807, 2.05) is 12.1 Å². The third-order valence-corrected chi connectivity index (χ3v) is 3.65. The number of nitrogens with zero attached hydrogens (tertiary/aromatic N) is 2. The predicted octanol–water partition coefficient (Wildman–Crippen LogP) is 0.750. The van der Waals surface area contributed by atoms with Crippen LogP contribution < -0.4 is 5.56 Å². The topological polar surface area (TPSA) is 69.0 Å². The van der Waals surface area contributed by atoms with Gasteiger partial charge in [-0.15, -0.1) is 0 Å². The van der Waals surface area contributed by atoms with Crippen molar-refractivity contribution in [2.75, 3.05) is 12.0 Å². The van der Waals surface area contributed by atoms with Gasteiger partial charge >= 0.3 is 0 Å². The van der Waals surface area contributed by atoms with E-state index in [0.29, 0.717) is 5.39 Å². The molecule has 0 spiro atoms. The second-order valence-electron chi connectivity index (χ2n) is 4.29. The molecule has 5 nitrogen and oxygen atoms in total. The molecule has 0 saturated carbocycles. The van der Waals surface area contributed by atoms with Gasteiger partial charge in [-0.3, -0.25) is 4.79 Å². The number of fused-ring (bicyclic) bond motifs is 1. The summed E-state index contributed by atoms with van der Waals surface area (Å²) in [5, 5.41) is 5.52. The van der Waals surface area contributed by atoms with Gasteiger partial charge in [-0.2, -0.15) is 5.10 Å². The molecule has 0 saturated heterocycles. The Bertz CT molecular complexity index is 747. The van der Waals surface area contributed by atoms with Crippen molar-refractivity contribution in [3.05, 3.63) is 40.3 Å². The molecule has 0 fully saturated rings. The molecule has 18 heavy (non-hydrogen) atoms. The molecule has 2 rings (SSSR count). The Morgan fingerprint density at radius 2 is 1.83 bits per heavy atom. The van der Waals surface area contributed by atoms with Crippen molar-refractivity contribution in [2.45, 2.75) is 13.5 Å². The predicted molar refractivity (Wildman–Crippen MR) is 70.5 cm³/mol. The lowest BCUT2D eigenvalue weighted by Gasteiger charge is -2.07. The SMILES string of the molecule is Cc1nn(CCS(C)(=O)=O)c(=O)c2ccccc12. The van der Waals surface area contributed by atoms with Gasteiger partial charge in [0.15, 0.2) is 0 Å². The fraction of sp³-hybridized carbons (Fsp3) is 0.333. The monoisotopic (exact) mass is 266 g/mol. The first kappa shape index (κ1) is 12.8. The molecular formula is C12H14N2O3S. The highest BCUT2D eigenvalue weighted by atomic mass is 32.2. The summed E-state index contributed by atoms with van der Waals surface area (Å²) in [5.41, 5.74) is 0.471. The van der Waals surface area contributed by atoms with Crippen LogP contribution in [0.4, 0.5) is 0 Å². The average molecular weight is 266 g/mol. The third kappa shape index (κ3) is 2.59. The van der Waals surface area contributed by atoms with E-state index in [1.165, 1.54) is 4.68 Å². The number of rotatable bonds is 3. The maximum Gasteiger partial charge on any atom is 0.274 e. The summed E-state index contributed by atoms with van der Waals surface area (Å²) >= 11 is 0. The first-order chi connectivity index (χ1) is 8.38. The van der Waals surface area contributed by atoms with Crippen molar-refractivity contribution in [3.8, 4) is 0 Å². The Kier molecular flexibility index (Phi) is 3.21. The van der Waals surface area contributed by atoms with Crippen LogP contribution >= 0.6 is 0 Å². The second-order valence-corrected chi connectivity index (χ2v) is 6.55. The average Bonchev–Trinajstić information content (AvgIpc) is 2.31. The number of benzene rings is 1. The van der Waals surface area contributed by atoms with E-state index >= 15 is 0 Å². The van der Waals surface area contributed by atoms with Crippen molar-refractivity contribution in [3.63, 3.8) is 0 Å². The Hall–Kier alpha value is -1.69. The summed E-state index contributed by atoms with van der Waals surface area (Å²) in [7, 11) is -3.10. The highest BCUT2D eigenvalue weighted by Gasteiger charge is 2.09. The minimum absolute atomic E-state index is 0.0856. The van der Waals surface area contributed by atoms with Crippen LogP contribution in [0.25, 0.3) is 10.8 Å². The van der Waals surface area contributed by atoms with Gasteiger partial charge in [0.05, 0.1) is 23.4 Å². The fourth-order valence-corrected chi connectivity index (χ4v) is 2.31. The molecule has 1 heterocycles. The Labute approximate surface area is 105 Å². The molecule has 0 radical (unpaired) electrons. The van der Waals surface area contributed by atoms with E-state index < -0.39 is 9.84 Å². The summed E-state index contributed by atoms with van der Waals surface area (Å²) in [4.78, 5) is 12.1. The maximum absolute atomic E-state index is 12.1. The van der Waals surface area contributed by atoms with E-state index in [0.717, 1.165) is 17.3 Å². The summed E-state index contributed by atoms with van der Waals surface area (Å²) in [6, 6.07) is 7.19. The van der Waals surface area contributed by atoms with Crippen LogP contribution in [0.2, 0.25) is 0 Å². The van der Waals surface area contributed by atoms with Crippen LogP contribution in [-0.2, 0) is 16.4 Å². The normalized spacial score (nSPS) is 11.9. The lowest BCUT2D eigenvalue weighted by atomic mass is 10.1. The maximum atomic E-state index is 12.1. The van der Waals surface area contributed by atoms with Crippen LogP contribution in [0.3, 0.4) is 0 Å². The third-order valence-electron chi connectivity index (χ3n) is 2.73. The second kappa shape index (κ2) is 4.53. The summed E-state index contributed by atoms with van der Waals surface area (Å²) in [6.45, 7) is 1.89. The van der Waals surface area contributed by atoms with Gasteiger partial charge < -0.3 is 0 Å². The van der Waals surface area contributed by atoms with Gasteiger partial charge in [0.25, 0.3) is 5.56 Å². The minimum Gasteiger partial charge on any atom is -0.267 e. The smallest absolute Gasteiger partial charge is 0.267 e. The van der Waals surface area contributed by atoms with Crippen molar-refractivity contribution in [2.24, 2.45) is 0 Å². The molecule has 0 atom stereocenters. The van der Waals surface area contributed by atoms with Gasteiger partial charge in [-0.05, 0) is 13.0 Å². The molecule has 0 unspecified atom stereocenters. The van der Waals surface area contributed by atoms with Crippen molar-refractivity contribution in [1.29, 1.82) is 0 Å². The molecule has 96 valence electrons. The van der Waals surface area contributed by atoms with Gasteiger partial charge in [0.1, 0.15) is 9.84 Å². The molecule has 0 aliphatic rings. The molecule has 1 aromatic heterocycles. The molecule has 0 aliphatic heterocycles. The van der Waals surface area contributed by atoms with Gasteiger partial charge in [-0.25, -0.2) is 13.1 Å². The van der Waals surface area contributed by atoms with Crippen LogP contribution in [-0.4, -0.2) is 30.2 Å². The zero-order chi connectivity index (χ0) is 13.3. The van der Waals surface area contributed by atoms with E-state index in [2.05, 4.69) is 5.10 Å².